The lowest BCUT2D eigenvalue weighted by atomic mass is 10.1. The molecule has 0 saturated carbocycles. The molecule has 0 bridgehead atoms. The van der Waals surface area contributed by atoms with Crippen LogP contribution in [0.25, 0.3) is 11.0 Å². The third-order valence-electron chi connectivity index (χ3n) is 3.61. The minimum Gasteiger partial charge on any atom is -0.496 e. The maximum atomic E-state index is 6.06. The van der Waals surface area contributed by atoms with Crippen molar-refractivity contribution in [3.8, 4) is 11.5 Å². The summed E-state index contributed by atoms with van der Waals surface area (Å²) in [6, 6.07) is 7.65. The van der Waals surface area contributed by atoms with E-state index in [-0.39, 0.29) is 0 Å². The molecule has 0 fully saturated rings. The van der Waals surface area contributed by atoms with Crippen molar-refractivity contribution in [1.82, 2.24) is 14.5 Å². The van der Waals surface area contributed by atoms with Crippen molar-refractivity contribution in [1.29, 1.82) is 0 Å². The number of nitrogen functional groups attached to an aromatic ring is 1. The molecule has 3 aromatic rings. The third-order valence-corrected chi connectivity index (χ3v) is 3.61. The van der Waals surface area contributed by atoms with E-state index in [2.05, 4.69) is 9.97 Å². The molecule has 6 nitrogen and oxygen atoms in total. The Hall–Kier alpha value is -2.76. The van der Waals surface area contributed by atoms with Gasteiger partial charge >= 0.3 is 0 Å². The molecule has 0 aliphatic heterocycles. The van der Waals surface area contributed by atoms with Gasteiger partial charge in [-0.3, -0.25) is 0 Å². The summed E-state index contributed by atoms with van der Waals surface area (Å²) in [5, 5.41) is 0. The van der Waals surface area contributed by atoms with Gasteiger partial charge in [-0.25, -0.2) is 9.97 Å². The predicted molar refractivity (Wildman–Crippen MR) is 85.3 cm³/mol. The van der Waals surface area contributed by atoms with E-state index in [0.29, 0.717) is 18.2 Å². The van der Waals surface area contributed by atoms with Crippen molar-refractivity contribution >= 4 is 16.9 Å². The Morgan fingerprint density at radius 2 is 1.77 bits per heavy atom. The first-order valence-electron chi connectivity index (χ1n) is 6.93. The number of aryl methyl sites for hydroxylation is 1. The fourth-order valence-electron chi connectivity index (χ4n) is 2.64. The molecule has 22 heavy (non-hydrogen) atoms. The second kappa shape index (κ2) is 5.55. The molecule has 0 aliphatic carbocycles. The van der Waals surface area contributed by atoms with Crippen molar-refractivity contribution < 1.29 is 9.47 Å². The fourth-order valence-corrected chi connectivity index (χ4v) is 2.64. The normalized spacial score (nSPS) is 10.9. The summed E-state index contributed by atoms with van der Waals surface area (Å²) in [4.78, 5) is 8.65. The van der Waals surface area contributed by atoms with Gasteiger partial charge in [-0.15, -0.1) is 0 Å². The van der Waals surface area contributed by atoms with E-state index >= 15 is 0 Å². The summed E-state index contributed by atoms with van der Waals surface area (Å²) in [7, 11) is 3.29. The lowest BCUT2D eigenvalue weighted by Crippen LogP contribution is -2.06. The number of anilines is 1. The molecule has 2 aromatic heterocycles. The number of hydrogen-bond acceptors (Lipinski definition) is 5. The van der Waals surface area contributed by atoms with Crippen LogP contribution < -0.4 is 15.2 Å². The number of nitrogens with two attached hydrogens (primary N) is 1. The van der Waals surface area contributed by atoms with Gasteiger partial charge < -0.3 is 19.8 Å². The fraction of sp³-hybridized carbons (Fsp3) is 0.250. The number of hydrogen-bond donors (Lipinski definition) is 1. The lowest BCUT2D eigenvalue weighted by Gasteiger charge is -2.14. The zero-order valence-corrected chi connectivity index (χ0v) is 12.8. The Balaban J connectivity index is 2.11. The average molecular weight is 298 g/mol. The van der Waals surface area contributed by atoms with Gasteiger partial charge in [0.05, 0.1) is 31.8 Å². The Morgan fingerprint density at radius 3 is 2.41 bits per heavy atom. The van der Waals surface area contributed by atoms with Gasteiger partial charge in [-0.1, -0.05) is 6.07 Å². The first-order valence-corrected chi connectivity index (χ1v) is 6.93. The maximum Gasteiger partial charge on any atom is 0.151 e. The number of rotatable bonds is 4. The molecular formula is C16H18N4O2. The molecule has 0 amide bonds. The molecule has 0 aliphatic rings. The van der Waals surface area contributed by atoms with Gasteiger partial charge in [0.15, 0.2) is 5.82 Å². The van der Waals surface area contributed by atoms with Crippen LogP contribution in [-0.4, -0.2) is 28.8 Å². The highest BCUT2D eigenvalue weighted by Gasteiger charge is 2.14. The first kappa shape index (κ1) is 14.2. The van der Waals surface area contributed by atoms with E-state index in [4.69, 9.17) is 15.2 Å². The largest absolute Gasteiger partial charge is 0.496 e. The van der Waals surface area contributed by atoms with Gasteiger partial charge in [-0.2, -0.15) is 0 Å². The smallest absolute Gasteiger partial charge is 0.151 e. The van der Waals surface area contributed by atoms with Crippen LogP contribution in [0.15, 0.2) is 30.5 Å². The minimum absolute atomic E-state index is 0.473. The zero-order valence-electron chi connectivity index (χ0n) is 12.8. The molecule has 3 rings (SSSR count). The molecule has 114 valence electrons. The average Bonchev–Trinajstić information content (AvgIpc) is 2.90. The van der Waals surface area contributed by atoms with Crippen LogP contribution in [0.5, 0.6) is 11.5 Å². The van der Waals surface area contributed by atoms with E-state index in [1.807, 2.05) is 42.0 Å². The molecule has 6 heteroatoms. The molecule has 1 aromatic carbocycles. The van der Waals surface area contributed by atoms with E-state index in [9.17, 15) is 0 Å². The molecule has 0 unspecified atom stereocenters. The highest BCUT2D eigenvalue weighted by atomic mass is 16.5. The van der Waals surface area contributed by atoms with Crippen LogP contribution in [0.1, 0.15) is 11.4 Å². The molecule has 2 heterocycles. The molecule has 0 spiro atoms. The monoisotopic (exact) mass is 298 g/mol. The topological polar surface area (TPSA) is 75.2 Å². The summed E-state index contributed by atoms with van der Waals surface area (Å²) in [6.45, 7) is 2.39. The van der Waals surface area contributed by atoms with Gasteiger partial charge in [0.2, 0.25) is 0 Å². The van der Waals surface area contributed by atoms with Crippen LogP contribution in [0.4, 0.5) is 5.82 Å². The lowest BCUT2D eigenvalue weighted by molar-refractivity contribution is 0.383. The minimum atomic E-state index is 0.473. The molecular weight excluding hydrogens is 280 g/mol. The van der Waals surface area contributed by atoms with Crippen LogP contribution in [-0.2, 0) is 6.54 Å². The van der Waals surface area contributed by atoms with Crippen LogP contribution in [0.2, 0.25) is 0 Å². The zero-order chi connectivity index (χ0) is 15.7. The van der Waals surface area contributed by atoms with Crippen LogP contribution >= 0.6 is 0 Å². The quantitative estimate of drug-likeness (QED) is 0.800. The van der Waals surface area contributed by atoms with Crippen molar-refractivity contribution in [2.45, 2.75) is 13.5 Å². The number of fused-ring (bicyclic) bond motifs is 1. The van der Waals surface area contributed by atoms with Crippen molar-refractivity contribution in [3.63, 3.8) is 0 Å². The van der Waals surface area contributed by atoms with Crippen LogP contribution in [0, 0.1) is 6.92 Å². The number of methoxy groups -OCH3 is 2. The van der Waals surface area contributed by atoms with E-state index in [1.165, 1.54) is 0 Å². The summed E-state index contributed by atoms with van der Waals surface area (Å²) in [5.74, 6) is 2.68. The number of benzene rings is 1. The number of aromatic nitrogens is 3. The first-order chi connectivity index (χ1) is 10.6. The van der Waals surface area contributed by atoms with Gasteiger partial charge in [0, 0.05) is 6.20 Å². The Kier molecular flexibility index (Phi) is 3.58. The second-order valence-corrected chi connectivity index (χ2v) is 4.97. The third kappa shape index (κ3) is 2.32. The standard InChI is InChI=1S/C16H18N4O2/c1-10-18-12-7-8-20(15(12)16(17)19-10)9-11-13(21-2)5-4-6-14(11)22-3/h4-8H,9H2,1-3H3,(H2,17,18,19). The molecule has 0 saturated heterocycles. The van der Waals surface area contributed by atoms with E-state index in [1.54, 1.807) is 14.2 Å². The van der Waals surface area contributed by atoms with E-state index in [0.717, 1.165) is 28.1 Å². The molecule has 0 radical (unpaired) electrons. The summed E-state index contributed by atoms with van der Waals surface area (Å²) in [5.41, 5.74) is 8.66. The maximum absolute atomic E-state index is 6.06. The predicted octanol–water partition coefficient (Wildman–Crippen LogP) is 2.39. The van der Waals surface area contributed by atoms with E-state index < -0.39 is 0 Å². The molecule has 2 N–H and O–H groups in total. The number of ether oxygens (including phenoxy) is 2. The van der Waals surface area contributed by atoms with Crippen molar-refractivity contribution in [2.75, 3.05) is 20.0 Å². The van der Waals surface area contributed by atoms with Gasteiger partial charge in [-0.05, 0) is 25.1 Å². The highest BCUT2D eigenvalue weighted by Crippen LogP contribution is 2.30. The second-order valence-electron chi connectivity index (χ2n) is 4.97. The Bertz CT molecular complexity index is 804. The van der Waals surface area contributed by atoms with Crippen molar-refractivity contribution in [3.05, 3.63) is 41.9 Å². The molecule has 0 atom stereocenters. The Labute approximate surface area is 128 Å². The van der Waals surface area contributed by atoms with Crippen LogP contribution in [0.3, 0.4) is 0 Å². The summed E-state index contributed by atoms with van der Waals surface area (Å²) in [6.07, 6.45) is 1.95. The summed E-state index contributed by atoms with van der Waals surface area (Å²) < 4.78 is 12.9. The number of nitrogens with zero attached hydrogens (tertiary/aromatic N) is 3. The SMILES string of the molecule is COc1cccc(OC)c1Cn1ccc2nc(C)nc(N)c21. The van der Waals surface area contributed by atoms with Gasteiger partial charge in [0.1, 0.15) is 22.8 Å². The summed E-state index contributed by atoms with van der Waals surface area (Å²) >= 11 is 0. The Morgan fingerprint density at radius 1 is 1.09 bits per heavy atom. The van der Waals surface area contributed by atoms with Gasteiger partial charge in [0.25, 0.3) is 0 Å². The van der Waals surface area contributed by atoms with Crippen molar-refractivity contribution in [2.24, 2.45) is 0 Å². The highest BCUT2D eigenvalue weighted by molar-refractivity contribution is 5.85.